The van der Waals surface area contributed by atoms with Crippen molar-refractivity contribution in [3.05, 3.63) is 78.1 Å². The van der Waals surface area contributed by atoms with Crippen molar-refractivity contribution < 1.29 is 33.7 Å². The van der Waals surface area contributed by atoms with Gasteiger partial charge in [-0.1, -0.05) is 30.0 Å². The number of hydrogen-bond acceptors (Lipinski definition) is 8. The SMILES string of the molecule is CN1C(=O)C(NC(=O)c2cc(Oc3ccccc3)ccn2)COc2ccc(C#CC3(O)CN(C(=O)OC(C)(C)C)C3)cc21. The van der Waals surface area contributed by atoms with Gasteiger partial charge < -0.3 is 34.4 Å². The Morgan fingerprint density at radius 1 is 1.09 bits per heavy atom. The zero-order valence-corrected chi connectivity index (χ0v) is 24.3. The highest BCUT2D eigenvalue weighted by Gasteiger charge is 2.44. The van der Waals surface area contributed by atoms with Gasteiger partial charge >= 0.3 is 6.09 Å². The maximum absolute atomic E-state index is 13.3. The van der Waals surface area contributed by atoms with E-state index < -0.39 is 29.2 Å². The number of carbonyl (C=O) groups is 3. The molecule has 1 atom stereocenters. The van der Waals surface area contributed by atoms with Gasteiger partial charge in [-0.25, -0.2) is 4.79 Å². The molecule has 0 bridgehead atoms. The van der Waals surface area contributed by atoms with Crippen LogP contribution < -0.4 is 19.7 Å². The van der Waals surface area contributed by atoms with Crippen molar-refractivity contribution >= 4 is 23.6 Å². The molecule has 2 aromatic carbocycles. The summed E-state index contributed by atoms with van der Waals surface area (Å²) in [6.45, 7) is 5.28. The Kier molecular flexibility index (Phi) is 7.98. The normalized spacial score (nSPS) is 17.2. The van der Waals surface area contributed by atoms with E-state index in [1.165, 1.54) is 22.1 Å². The molecule has 2 aliphatic rings. The molecule has 1 unspecified atom stereocenters. The van der Waals surface area contributed by atoms with Crippen LogP contribution in [-0.2, 0) is 9.53 Å². The molecule has 2 N–H and O–H groups in total. The van der Waals surface area contributed by atoms with Gasteiger partial charge in [0.2, 0.25) is 0 Å². The van der Waals surface area contributed by atoms with Crippen LogP contribution in [0, 0.1) is 11.8 Å². The van der Waals surface area contributed by atoms with E-state index in [0.29, 0.717) is 28.5 Å². The Bertz CT molecular complexity index is 1600. The van der Waals surface area contributed by atoms with Crippen molar-refractivity contribution in [2.24, 2.45) is 0 Å². The van der Waals surface area contributed by atoms with Crippen LogP contribution in [0.1, 0.15) is 36.8 Å². The second-order valence-corrected chi connectivity index (χ2v) is 11.3. The minimum Gasteiger partial charge on any atom is -0.489 e. The number of nitrogens with zero attached hydrogens (tertiary/aromatic N) is 3. The lowest BCUT2D eigenvalue weighted by atomic mass is 9.95. The smallest absolute Gasteiger partial charge is 0.410 e. The molecule has 3 heterocycles. The molecule has 5 rings (SSSR count). The summed E-state index contributed by atoms with van der Waals surface area (Å²) in [4.78, 5) is 45.4. The third-order valence-corrected chi connectivity index (χ3v) is 6.60. The fraction of sp³-hybridized carbons (Fsp3) is 0.312. The van der Waals surface area contributed by atoms with Crippen LogP contribution in [0.5, 0.6) is 17.2 Å². The van der Waals surface area contributed by atoms with Crippen LogP contribution in [0.2, 0.25) is 0 Å². The van der Waals surface area contributed by atoms with E-state index >= 15 is 0 Å². The maximum atomic E-state index is 13.3. The topological polar surface area (TPSA) is 131 Å². The molecule has 0 saturated carbocycles. The Morgan fingerprint density at radius 3 is 2.56 bits per heavy atom. The average molecular weight is 585 g/mol. The Morgan fingerprint density at radius 2 is 1.84 bits per heavy atom. The van der Waals surface area contributed by atoms with E-state index in [0.717, 1.165) is 0 Å². The van der Waals surface area contributed by atoms with Gasteiger partial charge in [0.1, 0.15) is 41.2 Å². The van der Waals surface area contributed by atoms with Gasteiger partial charge in [-0.3, -0.25) is 14.6 Å². The molecular weight excluding hydrogens is 552 g/mol. The highest BCUT2D eigenvalue weighted by molar-refractivity contribution is 6.03. The van der Waals surface area contributed by atoms with Crippen LogP contribution in [0.15, 0.2) is 66.9 Å². The maximum Gasteiger partial charge on any atom is 0.410 e. The van der Waals surface area contributed by atoms with Crippen LogP contribution in [-0.4, -0.2) is 76.9 Å². The van der Waals surface area contributed by atoms with Crippen molar-refractivity contribution in [3.63, 3.8) is 0 Å². The summed E-state index contributed by atoms with van der Waals surface area (Å²) >= 11 is 0. The summed E-state index contributed by atoms with van der Waals surface area (Å²) in [6, 6.07) is 16.3. The van der Waals surface area contributed by atoms with Crippen molar-refractivity contribution in [1.82, 2.24) is 15.2 Å². The minimum absolute atomic E-state index is 0.0267. The molecule has 1 saturated heterocycles. The molecule has 11 nitrogen and oxygen atoms in total. The number of aromatic nitrogens is 1. The quantitative estimate of drug-likeness (QED) is 0.447. The van der Waals surface area contributed by atoms with Gasteiger partial charge in [0.25, 0.3) is 11.8 Å². The number of pyridine rings is 1. The van der Waals surface area contributed by atoms with Gasteiger partial charge in [-0.2, -0.15) is 0 Å². The zero-order valence-electron chi connectivity index (χ0n) is 24.3. The number of carbonyl (C=O) groups excluding carboxylic acids is 3. The number of likely N-dealkylation sites (N-methyl/N-ethyl adjacent to an activating group) is 1. The number of aliphatic hydroxyl groups is 1. The van der Waals surface area contributed by atoms with E-state index in [-0.39, 0.29) is 31.3 Å². The van der Waals surface area contributed by atoms with Gasteiger partial charge in [-0.15, -0.1) is 0 Å². The van der Waals surface area contributed by atoms with Gasteiger partial charge in [0.05, 0.1) is 18.8 Å². The molecular formula is C32H32N4O7. The summed E-state index contributed by atoms with van der Waals surface area (Å²) in [5.74, 6) is 6.28. The first kappa shape index (κ1) is 29.4. The molecule has 2 aliphatic heterocycles. The Balaban J connectivity index is 1.23. The number of para-hydroxylation sites is 1. The number of ether oxygens (including phenoxy) is 3. The summed E-state index contributed by atoms with van der Waals surface area (Å²) in [5, 5.41) is 13.4. The number of β-amino-alcohol motifs (C(OH)–C–C–N with tert-alkyl or cyclic N) is 1. The van der Waals surface area contributed by atoms with Crippen molar-refractivity contribution in [2.75, 3.05) is 31.6 Å². The number of nitrogens with one attached hydrogen (secondary N) is 1. The van der Waals surface area contributed by atoms with Crippen LogP contribution in [0.4, 0.5) is 10.5 Å². The molecule has 1 fully saturated rings. The van der Waals surface area contributed by atoms with E-state index in [1.807, 2.05) is 18.2 Å². The summed E-state index contributed by atoms with van der Waals surface area (Å²) in [5.41, 5.74) is -0.920. The van der Waals surface area contributed by atoms with Gasteiger partial charge in [0.15, 0.2) is 5.60 Å². The fourth-order valence-corrected chi connectivity index (χ4v) is 4.44. The summed E-state index contributed by atoms with van der Waals surface area (Å²) < 4.78 is 17.0. The largest absolute Gasteiger partial charge is 0.489 e. The lowest BCUT2D eigenvalue weighted by molar-refractivity contribution is -0.120. The monoisotopic (exact) mass is 584 g/mol. The molecule has 3 amide bonds. The van der Waals surface area contributed by atoms with Gasteiger partial charge in [-0.05, 0) is 57.2 Å². The highest BCUT2D eigenvalue weighted by atomic mass is 16.6. The van der Waals surface area contributed by atoms with Crippen LogP contribution in [0.25, 0.3) is 0 Å². The molecule has 3 aromatic rings. The second-order valence-electron chi connectivity index (χ2n) is 11.3. The lowest BCUT2D eigenvalue weighted by Gasteiger charge is -2.43. The van der Waals surface area contributed by atoms with E-state index in [2.05, 4.69) is 22.1 Å². The molecule has 11 heteroatoms. The van der Waals surface area contributed by atoms with Crippen molar-refractivity contribution in [1.29, 1.82) is 0 Å². The average Bonchev–Trinajstić information content (AvgIpc) is 3.06. The van der Waals surface area contributed by atoms with E-state index in [9.17, 15) is 19.5 Å². The first-order valence-electron chi connectivity index (χ1n) is 13.7. The molecule has 43 heavy (non-hydrogen) atoms. The second kappa shape index (κ2) is 11.7. The molecule has 0 radical (unpaired) electrons. The number of fused-ring (bicyclic) bond motifs is 1. The Labute approximate surface area is 249 Å². The first-order chi connectivity index (χ1) is 20.4. The highest BCUT2D eigenvalue weighted by Crippen LogP contribution is 2.32. The summed E-state index contributed by atoms with van der Waals surface area (Å²) in [6.07, 6.45) is 0.949. The standard InChI is InChI=1S/C32H32N4O7/c1-31(2,3)43-30(39)36-19-32(40,20-36)14-12-21-10-11-27-26(16-21)35(4)29(38)25(18-41-27)34-28(37)24-17-23(13-15-33-24)42-22-8-6-5-7-9-22/h5-11,13,15-17,25,40H,18-20H2,1-4H3,(H,34,37). The zero-order chi connectivity index (χ0) is 30.8. The van der Waals surface area contributed by atoms with Crippen LogP contribution >= 0.6 is 0 Å². The Hall–Kier alpha value is -5.08. The first-order valence-corrected chi connectivity index (χ1v) is 13.7. The molecule has 1 aromatic heterocycles. The molecule has 0 spiro atoms. The third kappa shape index (κ3) is 7.05. The number of benzene rings is 2. The number of likely N-dealkylation sites (tertiary alicyclic amines) is 1. The predicted octanol–water partition coefficient (Wildman–Crippen LogP) is 3.36. The van der Waals surface area contributed by atoms with E-state index in [4.69, 9.17) is 14.2 Å². The number of rotatable bonds is 4. The van der Waals surface area contributed by atoms with Crippen LogP contribution in [0.3, 0.4) is 0 Å². The lowest BCUT2D eigenvalue weighted by Crippen LogP contribution is -2.63. The van der Waals surface area contributed by atoms with Crippen molar-refractivity contribution in [2.45, 2.75) is 38.0 Å². The number of amides is 3. The molecule has 222 valence electrons. The minimum atomic E-state index is -1.37. The summed E-state index contributed by atoms with van der Waals surface area (Å²) in [7, 11) is 1.58. The number of anilines is 1. The number of hydrogen-bond donors (Lipinski definition) is 2. The fourth-order valence-electron chi connectivity index (χ4n) is 4.44. The predicted molar refractivity (Wildman–Crippen MR) is 157 cm³/mol. The molecule has 0 aliphatic carbocycles. The third-order valence-electron chi connectivity index (χ3n) is 6.60. The van der Waals surface area contributed by atoms with Crippen molar-refractivity contribution in [3.8, 4) is 29.1 Å². The van der Waals surface area contributed by atoms with E-state index in [1.54, 1.807) is 64.2 Å². The van der Waals surface area contributed by atoms with Gasteiger partial charge in [0, 0.05) is 24.9 Å².